The van der Waals surface area contributed by atoms with Crippen LogP contribution in [-0.2, 0) is 0 Å². The highest BCUT2D eigenvalue weighted by Gasteiger charge is 2.26. The van der Waals surface area contributed by atoms with Crippen molar-refractivity contribution in [2.45, 2.75) is 31.0 Å². The van der Waals surface area contributed by atoms with Gasteiger partial charge in [-0.25, -0.2) is 4.98 Å². The minimum atomic E-state index is -0.751. The molecule has 2 rings (SSSR count). The third-order valence-electron chi connectivity index (χ3n) is 3.70. The van der Waals surface area contributed by atoms with Crippen molar-refractivity contribution in [2.75, 3.05) is 6.26 Å². The van der Waals surface area contributed by atoms with Gasteiger partial charge in [0.15, 0.2) is 0 Å². The Balaban J connectivity index is 2.13. The van der Waals surface area contributed by atoms with E-state index in [-0.39, 0.29) is 17.9 Å². The van der Waals surface area contributed by atoms with Crippen LogP contribution in [0.5, 0.6) is 0 Å². The lowest BCUT2D eigenvalue weighted by Crippen LogP contribution is -2.43. The third-order valence-corrected chi connectivity index (χ3v) is 4.36. The van der Waals surface area contributed by atoms with Crippen LogP contribution in [0.15, 0.2) is 53.7 Å². The van der Waals surface area contributed by atoms with Crippen molar-refractivity contribution in [3.8, 4) is 0 Å². The van der Waals surface area contributed by atoms with Gasteiger partial charge in [0.2, 0.25) is 0 Å². The van der Waals surface area contributed by atoms with E-state index in [1.807, 2.05) is 56.5 Å². The number of nitrogens with zero attached hydrogens (tertiary/aromatic N) is 1. The fourth-order valence-electron chi connectivity index (χ4n) is 2.34. The number of aliphatic hydroxyl groups excluding tert-OH is 1. The zero-order chi connectivity index (χ0) is 16.8. The van der Waals surface area contributed by atoms with Crippen LogP contribution in [0, 0.1) is 5.92 Å². The van der Waals surface area contributed by atoms with E-state index in [4.69, 9.17) is 0 Å². The normalized spacial score (nSPS) is 13.6. The van der Waals surface area contributed by atoms with Gasteiger partial charge in [-0.05, 0) is 29.9 Å². The van der Waals surface area contributed by atoms with E-state index >= 15 is 0 Å². The first-order chi connectivity index (χ1) is 11.0. The van der Waals surface area contributed by atoms with Crippen molar-refractivity contribution in [1.82, 2.24) is 10.3 Å². The molecule has 4 nitrogen and oxygen atoms in total. The second kappa shape index (κ2) is 8.13. The highest BCUT2D eigenvalue weighted by atomic mass is 32.2. The number of nitrogens with one attached hydrogen (secondary N) is 1. The molecule has 0 spiro atoms. The van der Waals surface area contributed by atoms with Gasteiger partial charge in [-0.3, -0.25) is 4.79 Å². The molecule has 23 heavy (non-hydrogen) atoms. The summed E-state index contributed by atoms with van der Waals surface area (Å²) in [4.78, 5) is 16.6. The van der Waals surface area contributed by atoms with Gasteiger partial charge in [0.1, 0.15) is 0 Å². The summed E-state index contributed by atoms with van der Waals surface area (Å²) in [5, 5.41) is 14.4. The molecule has 0 saturated heterocycles. The van der Waals surface area contributed by atoms with Gasteiger partial charge in [0.05, 0.1) is 22.7 Å². The van der Waals surface area contributed by atoms with Gasteiger partial charge in [-0.1, -0.05) is 44.2 Å². The Bertz CT molecular complexity index is 629. The van der Waals surface area contributed by atoms with E-state index in [0.717, 1.165) is 10.6 Å². The zero-order valence-corrected chi connectivity index (χ0v) is 14.4. The fourth-order valence-corrected chi connectivity index (χ4v) is 2.70. The zero-order valence-electron chi connectivity index (χ0n) is 13.6. The lowest BCUT2D eigenvalue weighted by atomic mass is 9.93. The number of pyridine rings is 1. The quantitative estimate of drug-likeness (QED) is 0.798. The Labute approximate surface area is 141 Å². The van der Waals surface area contributed by atoms with Crippen LogP contribution >= 0.6 is 11.8 Å². The van der Waals surface area contributed by atoms with Crippen LogP contribution in [-0.4, -0.2) is 28.3 Å². The lowest BCUT2D eigenvalue weighted by Gasteiger charge is -2.27. The second-order valence-corrected chi connectivity index (χ2v) is 6.51. The van der Waals surface area contributed by atoms with Crippen molar-refractivity contribution in [3.05, 3.63) is 59.8 Å². The molecule has 2 atom stereocenters. The van der Waals surface area contributed by atoms with Gasteiger partial charge in [0.25, 0.3) is 5.91 Å². The molecule has 0 aliphatic carbocycles. The van der Waals surface area contributed by atoms with Crippen molar-refractivity contribution < 1.29 is 9.90 Å². The van der Waals surface area contributed by atoms with Crippen LogP contribution in [0.25, 0.3) is 0 Å². The first kappa shape index (κ1) is 17.5. The molecule has 1 aromatic heterocycles. The molecule has 0 radical (unpaired) electrons. The highest BCUT2D eigenvalue weighted by Crippen LogP contribution is 2.22. The summed E-state index contributed by atoms with van der Waals surface area (Å²) in [7, 11) is 0. The van der Waals surface area contributed by atoms with Gasteiger partial charge in [0, 0.05) is 6.20 Å². The number of carbonyl (C=O) groups excluding carboxylic acids is 1. The molecule has 2 N–H and O–H groups in total. The van der Waals surface area contributed by atoms with E-state index in [1.54, 1.807) is 12.3 Å². The van der Waals surface area contributed by atoms with Crippen LogP contribution < -0.4 is 5.32 Å². The van der Waals surface area contributed by atoms with Gasteiger partial charge >= 0.3 is 0 Å². The average Bonchev–Trinajstić information content (AvgIpc) is 2.59. The van der Waals surface area contributed by atoms with Crippen LogP contribution in [0.2, 0.25) is 0 Å². The van der Waals surface area contributed by atoms with Crippen LogP contribution in [0.4, 0.5) is 0 Å². The minimum Gasteiger partial charge on any atom is -0.386 e. The van der Waals surface area contributed by atoms with Gasteiger partial charge in [-0.2, -0.15) is 0 Å². The lowest BCUT2D eigenvalue weighted by molar-refractivity contribution is 0.0759. The molecule has 122 valence electrons. The van der Waals surface area contributed by atoms with E-state index in [1.165, 1.54) is 11.8 Å². The smallest absolute Gasteiger partial charge is 0.253 e. The second-order valence-electron chi connectivity index (χ2n) is 5.69. The molecular weight excluding hydrogens is 308 g/mol. The Kier molecular flexibility index (Phi) is 6.19. The summed E-state index contributed by atoms with van der Waals surface area (Å²) in [6, 6.07) is 12.6. The number of carbonyl (C=O) groups is 1. The van der Waals surface area contributed by atoms with Gasteiger partial charge < -0.3 is 10.4 Å². The van der Waals surface area contributed by atoms with Crippen LogP contribution in [0.1, 0.15) is 35.9 Å². The monoisotopic (exact) mass is 330 g/mol. The molecule has 0 bridgehead atoms. The number of aromatic nitrogens is 1. The first-order valence-corrected chi connectivity index (χ1v) is 8.79. The number of benzene rings is 1. The minimum absolute atomic E-state index is 0.0904. The maximum atomic E-state index is 12.4. The fraction of sp³-hybridized carbons (Fsp3) is 0.333. The van der Waals surface area contributed by atoms with Crippen molar-refractivity contribution in [3.63, 3.8) is 0 Å². The molecule has 0 aliphatic heterocycles. The molecule has 0 saturated carbocycles. The predicted molar refractivity (Wildman–Crippen MR) is 93.5 cm³/mol. The molecule has 5 heteroatoms. The van der Waals surface area contributed by atoms with E-state index < -0.39 is 6.10 Å². The predicted octanol–water partition coefficient (Wildman–Crippen LogP) is 3.29. The number of hydrogen-bond acceptors (Lipinski definition) is 4. The van der Waals surface area contributed by atoms with Crippen LogP contribution in [0.3, 0.4) is 0 Å². The maximum Gasteiger partial charge on any atom is 0.253 e. The molecule has 1 amide bonds. The van der Waals surface area contributed by atoms with Crippen molar-refractivity contribution in [2.24, 2.45) is 5.92 Å². The molecular formula is C18H22N2O2S. The molecule has 2 unspecified atom stereocenters. The SMILES string of the molecule is CSc1ccc(C(=O)NC(C(C)C)C(O)c2ccccc2)cn1. The average molecular weight is 330 g/mol. The summed E-state index contributed by atoms with van der Waals surface area (Å²) in [5.41, 5.74) is 1.29. The summed E-state index contributed by atoms with van der Waals surface area (Å²) in [5.74, 6) is -0.133. The molecule has 0 aliphatic rings. The molecule has 2 aromatic rings. The number of aliphatic hydroxyl groups is 1. The molecule has 1 heterocycles. The van der Waals surface area contributed by atoms with E-state index in [9.17, 15) is 9.90 Å². The Morgan fingerprint density at radius 3 is 2.39 bits per heavy atom. The third kappa shape index (κ3) is 4.56. The maximum absolute atomic E-state index is 12.4. The van der Waals surface area contributed by atoms with Gasteiger partial charge in [-0.15, -0.1) is 11.8 Å². The summed E-state index contributed by atoms with van der Waals surface area (Å²) < 4.78 is 0. The summed E-state index contributed by atoms with van der Waals surface area (Å²) in [6.45, 7) is 3.96. The molecule has 0 fully saturated rings. The van der Waals surface area contributed by atoms with E-state index in [2.05, 4.69) is 10.3 Å². The highest BCUT2D eigenvalue weighted by molar-refractivity contribution is 7.98. The Morgan fingerprint density at radius 1 is 1.17 bits per heavy atom. The Hall–Kier alpha value is -1.85. The number of amides is 1. The summed E-state index contributed by atoms with van der Waals surface area (Å²) in [6.07, 6.45) is 2.75. The standard InChI is InChI=1S/C18H22N2O2S/c1-12(2)16(17(21)13-7-5-4-6-8-13)20-18(22)14-9-10-15(23-3)19-11-14/h4-12,16-17,21H,1-3H3,(H,20,22). The topological polar surface area (TPSA) is 62.2 Å². The van der Waals surface area contributed by atoms with E-state index in [0.29, 0.717) is 5.56 Å². The Morgan fingerprint density at radius 2 is 1.87 bits per heavy atom. The van der Waals surface area contributed by atoms with Crippen molar-refractivity contribution >= 4 is 17.7 Å². The molecule has 1 aromatic carbocycles. The number of hydrogen-bond donors (Lipinski definition) is 2. The number of thioether (sulfide) groups is 1. The number of rotatable bonds is 6. The largest absolute Gasteiger partial charge is 0.386 e. The first-order valence-electron chi connectivity index (χ1n) is 7.57. The van der Waals surface area contributed by atoms with Crippen molar-refractivity contribution in [1.29, 1.82) is 0 Å². The summed E-state index contributed by atoms with van der Waals surface area (Å²) >= 11 is 1.53.